The number of amides is 3. The van der Waals surface area contributed by atoms with Gasteiger partial charge in [-0.2, -0.15) is 26.3 Å². The first-order valence-electron chi connectivity index (χ1n) is 15.7. The van der Waals surface area contributed by atoms with Crippen molar-refractivity contribution in [1.82, 2.24) is 15.6 Å². The number of thiazole rings is 1. The molecule has 0 bridgehead atoms. The summed E-state index contributed by atoms with van der Waals surface area (Å²) in [5.74, 6) is -5.93. The molecule has 4 aromatic rings. The summed E-state index contributed by atoms with van der Waals surface area (Å²) in [5, 5.41) is 26.8. The molecule has 0 unspecified atom stereocenters. The van der Waals surface area contributed by atoms with Gasteiger partial charge in [-0.3, -0.25) is 9.59 Å². The number of ether oxygens (including phenoxy) is 1. The van der Waals surface area contributed by atoms with Gasteiger partial charge in [0.15, 0.2) is 5.13 Å². The SMILES string of the molecule is Cc1ccc(C(=O)NC2CC2)cc1Nc1nc(-c2ccc(NC(=O)CN)cc2)c(OC(=O)NCc2ccccc2)s1.O=C(O)C(F)(F)F.O=C(O)C(F)(F)F. The van der Waals surface area contributed by atoms with Crippen molar-refractivity contribution in [2.45, 2.75) is 44.7 Å². The molecule has 0 spiro atoms. The summed E-state index contributed by atoms with van der Waals surface area (Å²) >= 11 is 1.17. The Morgan fingerprint density at radius 3 is 2.00 bits per heavy atom. The maximum absolute atomic E-state index is 12.7. The highest BCUT2D eigenvalue weighted by Gasteiger charge is 2.39. The van der Waals surface area contributed by atoms with E-state index in [-0.39, 0.29) is 29.5 Å². The number of rotatable bonds is 10. The summed E-state index contributed by atoms with van der Waals surface area (Å²) in [5.41, 5.74) is 10.2. The van der Waals surface area contributed by atoms with Gasteiger partial charge >= 0.3 is 30.4 Å². The summed E-state index contributed by atoms with van der Waals surface area (Å²) in [6, 6.07) is 22.2. The summed E-state index contributed by atoms with van der Waals surface area (Å²) < 4.78 is 69.2. The third kappa shape index (κ3) is 14.6. The molecule has 55 heavy (non-hydrogen) atoms. The standard InChI is InChI=1S/C30H30N6O4S.2C2HF3O2/c1-18-7-8-21(27(38)34-23-13-14-23)15-24(18)35-29-36-26(20-9-11-22(12-10-20)33-25(37)16-31)28(41-29)40-30(39)32-17-19-5-3-2-4-6-19;2*3-2(4,5)1(6)7/h2-12,15,23H,13-14,16-17,31H2,1H3,(H,32,39)(H,33,37)(H,34,38)(H,35,36);2*(H,6,7). The Hall–Kier alpha value is -6.22. The first kappa shape index (κ1) is 43.2. The molecule has 1 saturated carbocycles. The second-order valence-corrected chi connectivity index (χ2v) is 12.2. The van der Waals surface area contributed by atoms with Gasteiger partial charge in [-0.05, 0) is 55.2 Å². The number of hydrogen-bond donors (Lipinski definition) is 7. The number of carbonyl (C=O) groups excluding carboxylic acids is 3. The summed E-state index contributed by atoms with van der Waals surface area (Å²) in [4.78, 5) is 59.5. The Kier molecular flexibility index (Phi) is 15.1. The number of carbonyl (C=O) groups is 5. The minimum atomic E-state index is -5.08. The summed E-state index contributed by atoms with van der Waals surface area (Å²) in [6.45, 7) is 2.12. The number of carboxylic acids is 2. The van der Waals surface area contributed by atoms with Crippen LogP contribution in [0.2, 0.25) is 0 Å². The molecule has 294 valence electrons. The van der Waals surface area contributed by atoms with Gasteiger partial charge in [0.1, 0.15) is 5.69 Å². The van der Waals surface area contributed by atoms with E-state index in [0.29, 0.717) is 39.9 Å². The monoisotopic (exact) mass is 798 g/mol. The molecular weight excluding hydrogens is 766 g/mol. The van der Waals surface area contributed by atoms with Crippen LogP contribution in [0.5, 0.6) is 5.06 Å². The number of hydrogen-bond acceptors (Lipinski definition) is 10. The number of nitrogens with zero attached hydrogens (tertiary/aromatic N) is 1. The number of anilines is 3. The molecule has 0 saturated heterocycles. The number of carboxylic acid groups (broad SMARTS) is 2. The van der Waals surface area contributed by atoms with Crippen LogP contribution in [0.15, 0.2) is 72.8 Å². The van der Waals surface area contributed by atoms with Gasteiger partial charge < -0.3 is 42.0 Å². The van der Waals surface area contributed by atoms with Crippen molar-refractivity contribution in [1.29, 1.82) is 0 Å². The number of halogens is 6. The highest BCUT2D eigenvalue weighted by atomic mass is 32.1. The minimum Gasteiger partial charge on any atom is -0.475 e. The number of nitrogens with one attached hydrogen (secondary N) is 4. The molecule has 1 heterocycles. The third-order valence-electron chi connectivity index (χ3n) is 6.83. The molecular formula is C34H32F6N6O8S. The van der Waals surface area contributed by atoms with E-state index in [4.69, 9.17) is 35.3 Å². The van der Waals surface area contributed by atoms with Crippen molar-refractivity contribution >= 4 is 57.7 Å². The first-order valence-corrected chi connectivity index (χ1v) is 16.5. The van der Waals surface area contributed by atoms with Crippen LogP contribution in [0.25, 0.3) is 11.3 Å². The summed E-state index contributed by atoms with van der Waals surface area (Å²) in [6.07, 6.45) is -8.77. The van der Waals surface area contributed by atoms with E-state index >= 15 is 0 Å². The van der Waals surface area contributed by atoms with E-state index < -0.39 is 30.4 Å². The van der Waals surface area contributed by atoms with E-state index in [1.807, 2.05) is 43.3 Å². The van der Waals surface area contributed by atoms with Gasteiger partial charge in [0.25, 0.3) is 5.91 Å². The third-order valence-corrected chi connectivity index (χ3v) is 7.68. The smallest absolute Gasteiger partial charge is 0.475 e. The number of aryl methyl sites for hydroxylation is 1. The molecule has 1 aromatic heterocycles. The number of benzene rings is 3. The van der Waals surface area contributed by atoms with E-state index in [1.54, 1.807) is 36.4 Å². The molecule has 8 N–H and O–H groups in total. The highest BCUT2D eigenvalue weighted by molar-refractivity contribution is 7.18. The zero-order valence-electron chi connectivity index (χ0n) is 28.4. The second kappa shape index (κ2) is 19.2. The normalized spacial score (nSPS) is 12.1. The number of aliphatic carboxylic acids is 2. The quantitative estimate of drug-likeness (QED) is 0.0895. The van der Waals surface area contributed by atoms with Crippen molar-refractivity contribution in [3.8, 4) is 16.3 Å². The van der Waals surface area contributed by atoms with Crippen molar-refractivity contribution in [2.75, 3.05) is 17.2 Å². The molecule has 5 rings (SSSR count). The molecule has 0 atom stereocenters. The average Bonchev–Trinajstić information content (AvgIpc) is 3.86. The maximum Gasteiger partial charge on any atom is 0.490 e. The molecule has 0 aliphatic heterocycles. The fourth-order valence-electron chi connectivity index (χ4n) is 3.93. The van der Waals surface area contributed by atoms with Gasteiger partial charge in [0.05, 0.1) is 6.54 Å². The van der Waals surface area contributed by atoms with E-state index in [9.17, 15) is 40.7 Å². The lowest BCUT2D eigenvalue weighted by Crippen LogP contribution is -2.26. The van der Waals surface area contributed by atoms with Crippen LogP contribution in [0, 0.1) is 6.92 Å². The lowest BCUT2D eigenvalue weighted by atomic mass is 10.1. The van der Waals surface area contributed by atoms with Crippen molar-refractivity contribution in [3.05, 3.63) is 89.5 Å². The van der Waals surface area contributed by atoms with Gasteiger partial charge in [0, 0.05) is 35.1 Å². The van der Waals surface area contributed by atoms with E-state index in [1.165, 1.54) is 11.3 Å². The predicted octanol–water partition coefficient (Wildman–Crippen LogP) is 6.21. The molecule has 21 heteroatoms. The molecule has 14 nitrogen and oxygen atoms in total. The Balaban J connectivity index is 0.000000494. The topological polar surface area (TPSA) is 222 Å². The minimum absolute atomic E-state index is 0.115. The largest absolute Gasteiger partial charge is 0.490 e. The Labute approximate surface area is 311 Å². The van der Waals surface area contributed by atoms with Crippen LogP contribution in [0.3, 0.4) is 0 Å². The van der Waals surface area contributed by atoms with E-state index in [2.05, 4.69) is 21.3 Å². The van der Waals surface area contributed by atoms with Crippen LogP contribution in [0.1, 0.15) is 34.3 Å². The molecule has 3 aromatic carbocycles. The van der Waals surface area contributed by atoms with Crippen molar-refractivity contribution in [3.63, 3.8) is 0 Å². The van der Waals surface area contributed by atoms with Crippen molar-refractivity contribution < 1.29 is 65.3 Å². The average molecular weight is 799 g/mol. The Morgan fingerprint density at radius 2 is 1.47 bits per heavy atom. The zero-order valence-corrected chi connectivity index (χ0v) is 29.2. The maximum atomic E-state index is 12.7. The first-order chi connectivity index (χ1) is 25.8. The van der Waals surface area contributed by atoms with Crippen LogP contribution in [-0.2, 0) is 20.9 Å². The highest BCUT2D eigenvalue weighted by Crippen LogP contribution is 2.40. The Morgan fingerprint density at radius 1 is 0.891 bits per heavy atom. The molecule has 1 fully saturated rings. The van der Waals surface area contributed by atoms with E-state index in [0.717, 1.165) is 24.0 Å². The van der Waals surface area contributed by atoms with Gasteiger partial charge in [-0.1, -0.05) is 59.9 Å². The number of alkyl halides is 6. The Bertz CT molecular complexity index is 1950. The lowest BCUT2D eigenvalue weighted by molar-refractivity contribution is -0.193. The molecule has 1 aliphatic rings. The van der Waals surface area contributed by atoms with Crippen LogP contribution < -0.4 is 31.7 Å². The zero-order chi connectivity index (χ0) is 40.9. The van der Waals surface area contributed by atoms with Crippen LogP contribution in [0.4, 0.5) is 47.6 Å². The molecule has 0 radical (unpaired) electrons. The predicted molar refractivity (Wildman–Crippen MR) is 187 cm³/mol. The number of nitrogens with two attached hydrogens (primary N) is 1. The summed E-state index contributed by atoms with van der Waals surface area (Å²) in [7, 11) is 0. The second-order valence-electron chi connectivity index (χ2n) is 11.2. The lowest BCUT2D eigenvalue weighted by Gasteiger charge is -2.10. The number of aromatic nitrogens is 1. The molecule has 1 aliphatic carbocycles. The van der Waals surface area contributed by atoms with Crippen LogP contribution >= 0.6 is 11.3 Å². The fourth-order valence-corrected chi connectivity index (χ4v) is 4.79. The molecule has 3 amide bonds. The van der Waals surface area contributed by atoms with Gasteiger partial charge in [-0.25, -0.2) is 19.4 Å². The van der Waals surface area contributed by atoms with Gasteiger partial charge in [0.2, 0.25) is 11.0 Å². The van der Waals surface area contributed by atoms with Crippen LogP contribution in [-0.4, -0.2) is 70.0 Å². The van der Waals surface area contributed by atoms with Gasteiger partial charge in [-0.15, -0.1) is 0 Å². The fraction of sp³-hybridized carbons (Fsp3) is 0.235. The van der Waals surface area contributed by atoms with Crippen molar-refractivity contribution in [2.24, 2.45) is 5.73 Å².